The summed E-state index contributed by atoms with van der Waals surface area (Å²) in [6.45, 7) is 10.00. The predicted octanol–water partition coefficient (Wildman–Crippen LogP) is 7.58. The maximum Gasteiger partial charge on any atom is 0.306 e. The van der Waals surface area contributed by atoms with Gasteiger partial charge in [-0.1, -0.05) is 45.0 Å². The largest absolute Gasteiger partial charge is 0.485 e. The second-order valence-corrected chi connectivity index (χ2v) is 11.5. The van der Waals surface area contributed by atoms with Crippen LogP contribution in [0.1, 0.15) is 87.3 Å². The average Bonchev–Trinajstić information content (AvgIpc) is 3.82. The number of carboxylic acid groups (broad SMARTS) is 1. The molecule has 218 valence electrons. The Bertz CT molecular complexity index is 1400. The number of methoxy groups -OCH3 is 1. The lowest BCUT2D eigenvalue weighted by atomic mass is 9.82. The fraction of sp³-hybridized carbons (Fsp3) is 0.471. The Labute approximate surface area is 242 Å². The van der Waals surface area contributed by atoms with Gasteiger partial charge in [0.25, 0.3) is 0 Å². The first-order valence-electron chi connectivity index (χ1n) is 14.9. The van der Waals surface area contributed by atoms with E-state index in [1.807, 2.05) is 19.1 Å². The Hall–Kier alpha value is -3.45. The third-order valence-corrected chi connectivity index (χ3v) is 9.07. The summed E-state index contributed by atoms with van der Waals surface area (Å²) < 4.78 is 27.0. The van der Waals surface area contributed by atoms with Crippen LogP contribution in [-0.2, 0) is 11.2 Å². The van der Waals surface area contributed by atoms with Crippen LogP contribution in [0.15, 0.2) is 48.7 Å². The van der Waals surface area contributed by atoms with Gasteiger partial charge in [-0.2, -0.15) is 0 Å². The lowest BCUT2D eigenvalue weighted by Gasteiger charge is -2.31. The monoisotopic (exact) mass is 560 g/mol. The quantitative estimate of drug-likeness (QED) is 0.261. The van der Waals surface area contributed by atoms with Gasteiger partial charge in [-0.25, -0.2) is 9.37 Å². The molecule has 3 aromatic rings. The molecule has 0 radical (unpaired) electrons. The molecule has 1 N–H and O–H groups in total. The fourth-order valence-corrected chi connectivity index (χ4v) is 6.48. The summed E-state index contributed by atoms with van der Waals surface area (Å²) >= 11 is 0. The van der Waals surface area contributed by atoms with Crippen molar-refractivity contribution < 1.29 is 23.8 Å². The van der Waals surface area contributed by atoms with Crippen LogP contribution in [0.3, 0.4) is 0 Å². The SMILES string of the molecule is CCN(CC)C(C)c1cc(C2CCc3ccc([C@H](C4CC4)[C@H](C)C(=O)O)cc3O2)ccc1-c1cc(OC)ncc1F. The summed E-state index contributed by atoms with van der Waals surface area (Å²) in [7, 11) is 1.53. The lowest BCUT2D eigenvalue weighted by Crippen LogP contribution is -2.27. The number of aliphatic carboxylic acids is 1. The van der Waals surface area contributed by atoms with E-state index in [9.17, 15) is 9.90 Å². The minimum absolute atomic E-state index is 0.00478. The maximum atomic E-state index is 15.1. The van der Waals surface area contributed by atoms with Gasteiger partial charge in [0.15, 0.2) is 0 Å². The van der Waals surface area contributed by atoms with E-state index in [4.69, 9.17) is 9.47 Å². The average molecular weight is 561 g/mol. The molecule has 4 atom stereocenters. The van der Waals surface area contributed by atoms with Crippen molar-refractivity contribution in [2.75, 3.05) is 20.2 Å². The number of carboxylic acids is 1. The maximum absolute atomic E-state index is 15.1. The normalized spacial score (nSPS) is 18.8. The zero-order valence-electron chi connectivity index (χ0n) is 24.7. The van der Waals surface area contributed by atoms with E-state index < -0.39 is 11.9 Å². The third kappa shape index (κ3) is 5.96. The first-order chi connectivity index (χ1) is 19.7. The number of fused-ring (bicyclic) bond motifs is 1. The van der Waals surface area contributed by atoms with Crippen molar-refractivity contribution in [1.82, 2.24) is 9.88 Å². The molecular weight excluding hydrogens is 519 g/mol. The van der Waals surface area contributed by atoms with Crippen LogP contribution in [0.25, 0.3) is 11.1 Å². The number of halogens is 1. The number of benzene rings is 2. The van der Waals surface area contributed by atoms with Crippen molar-refractivity contribution in [3.05, 3.63) is 76.7 Å². The van der Waals surface area contributed by atoms with E-state index in [2.05, 4.69) is 54.9 Å². The van der Waals surface area contributed by atoms with Gasteiger partial charge in [-0.3, -0.25) is 9.69 Å². The Morgan fingerprint density at radius 2 is 1.85 bits per heavy atom. The predicted molar refractivity (Wildman–Crippen MR) is 158 cm³/mol. The molecule has 7 heteroatoms. The fourth-order valence-electron chi connectivity index (χ4n) is 6.48. The Balaban J connectivity index is 1.50. The zero-order chi connectivity index (χ0) is 29.3. The van der Waals surface area contributed by atoms with Crippen LogP contribution in [0.2, 0.25) is 0 Å². The highest BCUT2D eigenvalue weighted by Gasteiger charge is 2.39. The number of aryl methyl sites for hydroxylation is 1. The highest BCUT2D eigenvalue weighted by Crippen LogP contribution is 2.48. The Kier molecular flexibility index (Phi) is 8.64. The number of rotatable bonds is 11. The summed E-state index contributed by atoms with van der Waals surface area (Å²) in [6, 6.07) is 14.2. The number of aromatic nitrogens is 1. The smallest absolute Gasteiger partial charge is 0.306 e. The number of hydrogen-bond acceptors (Lipinski definition) is 5. The van der Waals surface area contributed by atoms with Gasteiger partial charge in [0.2, 0.25) is 5.88 Å². The molecule has 1 fully saturated rings. The first kappa shape index (κ1) is 29.1. The number of hydrogen-bond donors (Lipinski definition) is 1. The molecule has 2 aromatic carbocycles. The number of carbonyl (C=O) groups is 1. The molecule has 41 heavy (non-hydrogen) atoms. The van der Waals surface area contributed by atoms with Gasteiger partial charge in [0.05, 0.1) is 19.2 Å². The van der Waals surface area contributed by atoms with Crippen molar-refractivity contribution in [2.45, 2.75) is 71.4 Å². The van der Waals surface area contributed by atoms with Crippen molar-refractivity contribution in [2.24, 2.45) is 11.8 Å². The van der Waals surface area contributed by atoms with Gasteiger partial charge >= 0.3 is 5.97 Å². The number of ether oxygens (including phenoxy) is 2. The molecule has 6 nitrogen and oxygen atoms in total. The van der Waals surface area contributed by atoms with E-state index >= 15 is 4.39 Å². The van der Waals surface area contributed by atoms with Crippen LogP contribution in [0, 0.1) is 17.7 Å². The van der Waals surface area contributed by atoms with Crippen LogP contribution in [0.5, 0.6) is 11.6 Å². The lowest BCUT2D eigenvalue weighted by molar-refractivity contribution is -0.142. The minimum Gasteiger partial charge on any atom is -0.485 e. The Morgan fingerprint density at radius 1 is 1.10 bits per heavy atom. The van der Waals surface area contributed by atoms with Crippen molar-refractivity contribution >= 4 is 5.97 Å². The van der Waals surface area contributed by atoms with E-state index in [0.717, 1.165) is 72.3 Å². The van der Waals surface area contributed by atoms with Gasteiger partial charge < -0.3 is 14.6 Å². The summed E-state index contributed by atoms with van der Waals surface area (Å²) in [5, 5.41) is 9.75. The van der Waals surface area contributed by atoms with E-state index in [1.165, 1.54) is 13.3 Å². The van der Waals surface area contributed by atoms with Crippen molar-refractivity contribution in [1.29, 1.82) is 0 Å². The van der Waals surface area contributed by atoms with Crippen LogP contribution in [0.4, 0.5) is 4.39 Å². The van der Waals surface area contributed by atoms with Crippen LogP contribution < -0.4 is 9.47 Å². The molecule has 0 saturated heterocycles. The molecule has 0 spiro atoms. The number of pyridine rings is 1. The molecular formula is C34H41FN2O4. The molecule has 1 aromatic heterocycles. The highest BCUT2D eigenvalue weighted by atomic mass is 19.1. The summed E-state index contributed by atoms with van der Waals surface area (Å²) in [5.41, 5.74) is 5.58. The van der Waals surface area contributed by atoms with E-state index in [0.29, 0.717) is 17.4 Å². The molecule has 2 heterocycles. The zero-order valence-corrected chi connectivity index (χ0v) is 24.7. The molecule has 0 bridgehead atoms. The second-order valence-electron chi connectivity index (χ2n) is 11.5. The summed E-state index contributed by atoms with van der Waals surface area (Å²) in [4.78, 5) is 18.3. The summed E-state index contributed by atoms with van der Waals surface area (Å²) in [5.74, 6) is 0.0476. The molecule has 2 unspecified atom stereocenters. The van der Waals surface area contributed by atoms with E-state index in [1.54, 1.807) is 6.07 Å². The molecule has 1 aliphatic heterocycles. The molecule has 5 rings (SSSR count). The molecule has 0 amide bonds. The molecule has 1 aliphatic carbocycles. The van der Waals surface area contributed by atoms with Crippen LogP contribution >= 0.6 is 0 Å². The topological polar surface area (TPSA) is 71.9 Å². The van der Waals surface area contributed by atoms with Crippen LogP contribution in [-0.4, -0.2) is 41.2 Å². The minimum atomic E-state index is -0.753. The molecule has 2 aliphatic rings. The van der Waals surface area contributed by atoms with Gasteiger partial charge in [-0.05, 0) is 97.5 Å². The third-order valence-electron chi connectivity index (χ3n) is 9.07. The number of nitrogens with zero attached hydrogens (tertiary/aromatic N) is 2. The van der Waals surface area contributed by atoms with Gasteiger partial charge in [-0.15, -0.1) is 0 Å². The first-order valence-corrected chi connectivity index (χ1v) is 14.9. The second kappa shape index (κ2) is 12.2. The van der Waals surface area contributed by atoms with Gasteiger partial charge in [0.1, 0.15) is 17.7 Å². The van der Waals surface area contributed by atoms with Crippen molar-refractivity contribution in [3.8, 4) is 22.8 Å². The molecule has 1 saturated carbocycles. The van der Waals surface area contributed by atoms with Crippen molar-refractivity contribution in [3.63, 3.8) is 0 Å². The summed E-state index contributed by atoms with van der Waals surface area (Å²) in [6.07, 6.45) is 4.93. The van der Waals surface area contributed by atoms with E-state index in [-0.39, 0.29) is 23.9 Å². The standard InChI is InChI=1S/C34H41FN2O4/c1-6-37(7-2)21(4)27-16-24(12-14-26(27)28-18-32(40-5)36-19-29(28)35)30-15-13-22-8-11-25(17-31(22)41-30)33(23-9-10-23)20(3)34(38)39/h8,11-12,14,16-21,23,30,33H,6-7,9-10,13,15H2,1-5H3,(H,38,39)/t20-,21?,30?,33-/m0/s1. The Morgan fingerprint density at radius 3 is 2.51 bits per heavy atom. The van der Waals surface area contributed by atoms with Gasteiger partial charge in [0, 0.05) is 17.7 Å². The highest BCUT2D eigenvalue weighted by molar-refractivity contribution is 5.71.